The Morgan fingerprint density at radius 1 is 1.36 bits per heavy atom. The summed E-state index contributed by atoms with van der Waals surface area (Å²) in [4.78, 5) is 11.3. The Balaban J connectivity index is 2.25. The van der Waals surface area contributed by atoms with Gasteiger partial charge in [0.15, 0.2) is 5.78 Å². The number of allylic oxidation sites excluding steroid dienone is 2. The summed E-state index contributed by atoms with van der Waals surface area (Å²) in [6.07, 6.45) is 7.31. The Labute approximate surface area is 65.2 Å². The molecule has 3 nitrogen and oxygen atoms in total. The second-order valence-electron chi connectivity index (χ2n) is 2.73. The van der Waals surface area contributed by atoms with Gasteiger partial charge in [-0.15, -0.1) is 0 Å². The maximum atomic E-state index is 11.3. The minimum Gasteiger partial charge on any atom is -0.296 e. The number of fused-ring (bicyclic) bond motifs is 1. The average Bonchev–Trinajstić information content (AvgIpc) is 2.40. The number of carbonyl (C=O) groups excluding carboxylic acids is 1. The highest BCUT2D eigenvalue weighted by atomic mass is 16.1. The molecule has 2 unspecified atom stereocenters. The van der Waals surface area contributed by atoms with Crippen molar-refractivity contribution in [3.05, 3.63) is 24.3 Å². The van der Waals surface area contributed by atoms with Crippen LogP contribution in [-0.2, 0) is 4.79 Å². The molecule has 1 aliphatic carbocycles. The maximum absolute atomic E-state index is 11.3. The number of nitrogens with one attached hydrogen (secondary N) is 2. The van der Waals surface area contributed by atoms with E-state index < -0.39 is 0 Å². The van der Waals surface area contributed by atoms with E-state index >= 15 is 0 Å². The van der Waals surface area contributed by atoms with Gasteiger partial charge in [0.2, 0.25) is 0 Å². The third-order valence-electron chi connectivity index (χ3n) is 2.02. The molecular formula is C8H10N2O. The second-order valence-corrected chi connectivity index (χ2v) is 2.73. The Morgan fingerprint density at radius 2 is 2.27 bits per heavy atom. The lowest BCUT2D eigenvalue weighted by Crippen LogP contribution is -2.37. The van der Waals surface area contributed by atoms with Crippen LogP contribution in [0.5, 0.6) is 0 Å². The van der Waals surface area contributed by atoms with E-state index in [0.29, 0.717) is 0 Å². The molecule has 0 aromatic rings. The summed E-state index contributed by atoms with van der Waals surface area (Å²) in [7, 11) is 0. The van der Waals surface area contributed by atoms with Crippen molar-refractivity contribution in [1.29, 1.82) is 0 Å². The van der Waals surface area contributed by atoms with Crippen molar-refractivity contribution in [3.8, 4) is 0 Å². The minimum atomic E-state index is -0.0509. The lowest BCUT2D eigenvalue weighted by molar-refractivity contribution is -0.116. The summed E-state index contributed by atoms with van der Waals surface area (Å²) in [5.74, 6) is 0.157. The molecule has 3 heteroatoms. The van der Waals surface area contributed by atoms with Gasteiger partial charge in [-0.3, -0.25) is 15.4 Å². The van der Waals surface area contributed by atoms with Crippen molar-refractivity contribution < 1.29 is 4.79 Å². The number of ketones is 1. The fraction of sp³-hybridized carbons (Fsp3) is 0.375. The van der Waals surface area contributed by atoms with E-state index in [1.165, 1.54) is 0 Å². The molecular weight excluding hydrogens is 140 g/mol. The SMILES string of the molecule is O=C1C=CC=CC2NCNC12. The zero-order valence-electron chi connectivity index (χ0n) is 6.08. The van der Waals surface area contributed by atoms with Gasteiger partial charge in [-0.1, -0.05) is 18.2 Å². The second kappa shape index (κ2) is 2.60. The lowest BCUT2D eigenvalue weighted by Gasteiger charge is -2.10. The molecule has 0 radical (unpaired) electrons. The molecule has 2 N–H and O–H groups in total. The lowest BCUT2D eigenvalue weighted by atomic mass is 10.1. The van der Waals surface area contributed by atoms with E-state index in [0.717, 1.165) is 6.67 Å². The Kier molecular flexibility index (Phi) is 1.60. The fourth-order valence-electron chi connectivity index (χ4n) is 1.43. The fourth-order valence-corrected chi connectivity index (χ4v) is 1.43. The van der Waals surface area contributed by atoms with Gasteiger partial charge in [0.1, 0.15) is 0 Å². The Bertz CT molecular complexity index is 232. The van der Waals surface area contributed by atoms with Gasteiger partial charge in [0.25, 0.3) is 0 Å². The highest BCUT2D eigenvalue weighted by Gasteiger charge is 2.29. The quantitative estimate of drug-likeness (QED) is 0.492. The summed E-state index contributed by atoms with van der Waals surface area (Å²) in [6.45, 7) is 0.721. The topological polar surface area (TPSA) is 41.1 Å². The first-order valence-electron chi connectivity index (χ1n) is 3.73. The predicted molar refractivity (Wildman–Crippen MR) is 42.0 cm³/mol. The van der Waals surface area contributed by atoms with E-state index in [1.807, 2.05) is 12.2 Å². The van der Waals surface area contributed by atoms with E-state index in [4.69, 9.17) is 0 Å². The van der Waals surface area contributed by atoms with E-state index in [9.17, 15) is 4.79 Å². The van der Waals surface area contributed by atoms with Crippen molar-refractivity contribution in [2.45, 2.75) is 12.1 Å². The molecule has 0 aromatic heterocycles. The van der Waals surface area contributed by atoms with Crippen LogP contribution in [-0.4, -0.2) is 24.5 Å². The highest BCUT2D eigenvalue weighted by Crippen LogP contribution is 2.06. The maximum Gasteiger partial charge on any atom is 0.174 e. The Morgan fingerprint density at radius 3 is 3.18 bits per heavy atom. The third-order valence-corrected chi connectivity index (χ3v) is 2.02. The molecule has 0 spiro atoms. The molecule has 1 heterocycles. The minimum absolute atomic E-state index is 0.0509. The van der Waals surface area contributed by atoms with Crippen molar-refractivity contribution in [2.75, 3.05) is 6.67 Å². The number of hydrogen-bond acceptors (Lipinski definition) is 3. The molecule has 2 atom stereocenters. The third kappa shape index (κ3) is 1.13. The van der Waals surface area contributed by atoms with Crippen molar-refractivity contribution in [3.63, 3.8) is 0 Å². The predicted octanol–water partition coefficient (Wildman–Crippen LogP) is -0.431. The van der Waals surface area contributed by atoms with Crippen LogP contribution >= 0.6 is 0 Å². The molecule has 0 aromatic carbocycles. The van der Waals surface area contributed by atoms with Gasteiger partial charge < -0.3 is 0 Å². The summed E-state index contributed by atoms with van der Waals surface area (Å²) in [5, 5.41) is 6.26. The summed E-state index contributed by atoms with van der Waals surface area (Å²) < 4.78 is 0. The zero-order chi connectivity index (χ0) is 7.68. The van der Waals surface area contributed by atoms with Crippen LogP contribution in [0.3, 0.4) is 0 Å². The molecule has 1 aliphatic heterocycles. The first-order valence-corrected chi connectivity index (χ1v) is 3.73. The first kappa shape index (κ1) is 6.76. The molecule has 58 valence electrons. The van der Waals surface area contributed by atoms with Gasteiger partial charge in [0.05, 0.1) is 6.04 Å². The highest BCUT2D eigenvalue weighted by molar-refractivity contribution is 5.96. The zero-order valence-corrected chi connectivity index (χ0v) is 6.08. The van der Waals surface area contributed by atoms with Crippen LogP contribution in [0.2, 0.25) is 0 Å². The van der Waals surface area contributed by atoms with Gasteiger partial charge in [-0.25, -0.2) is 0 Å². The summed E-state index contributed by atoms with van der Waals surface area (Å²) >= 11 is 0. The molecule has 2 aliphatic rings. The molecule has 0 bridgehead atoms. The number of hydrogen-bond donors (Lipinski definition) is 2. The molecule has 1 saturated heterocycles. The normalized spacial score (nSPS) is 35.5. The van der Waals surface area contributed by atoms with Gasteiger partial charge in [-0.05, 0) is 6.08 Å². The van der Waals surface area contributed by atoms with Crippen molar-refractivity contribution >= 4 is 5.78 Å². The average molecular weight is 150 g/mol. The molecule has 1 fully saturated rings. The van der Waals surface area contributed by atoms with Gasteiger partial charge in [-0.2, -0.15) is 0 Å². The van der Waals surface area contributed by atoms with Crippen LogP contribution in [0.4, 0.5) is 0 Å². The van der Waals surface area contributed by atoms with E-state index in [1.54, 1.807) is 12.2 Å². The van der Waals surface area contributed by atoms with Crippen molar-refractivity contribution in [1.82, 2.24) is 10.6 Å². The van der Waals surface area contributed by atoms with Crippen LogP contribution in [0.25, 0.3) is 0 Å². The molecule has 0 amide bonds. The standard InChI is InChI=1S/C8H10N2O/c11-7-4-2-1-3-6-8(7)10-5-9-6/h1-4,6,8-10H,5H2. The molecule has 2 rings (SSSR count). The van der Waals surface area contributed by atoms with Crippen molar-refractivity contribution in [2.24, 2.45) is 0 Å². The Hall–Kier alpha value is -0.930. The van der Waals surface area contributed by atoms with Gasteiger partial charge >= 0.3 is 0 Å². The van der Waals surface area contributed by atoms with Crippen LogP contribution in [0.15, 0.2) is 24.3 Å². The molecule has 11 heavy (non-hydrogen) atoms. The van der Waals surface area contributed by atoms with E-state index in [-0.39, 0.29) is 17.9 Å². The van der Waals surface area contributed by atoms with Crippen LogP contribution < -0.4 is 10.6 Å². The smallest absolute Gasteiger partial charge is 0.174 e. The first-order chi connectivity index (χ1) is 5.38. The summed E-state index contributed by atoms with van der Waals surface area (Å²) in [5.41, 5.74) is 0. The van der Waals surface area contributed by atoms with E-state index in [2.05, 4.69) is 10.6 Å². The van der Waals surface area contributed by atoms with Crippen LogP contribution in [0, 0.1) is 0 Å². The van der Waals surface area contributed by atoms with Gasteiger partial charge in [0, 0.05) is 12.7 Å². The van der Waals surface area contributed by atoms with Crippen LogP contribution in [0.1, 0.15) is 0 Å². The summed E-state index contributed by atoms with van der Waals surface area (Å²) in [6, 6.07) is 0.127. The largest absolute Gasteiger partial charge is 0.296 e. The molecule has 0 saturated carbocycles. The monoisotopic (exact) mass is 150 g/mol. The number of rotatable bonds is 0. The number of carbonyl (C=O) groups is 1.